The second-order valence-electron chi connectivity index (χ2n) is 16.5. The summed E-state index contributed by atoms with van der Waals surface area (Å²) < 4.78 is 6.60. The molecule has 3 aromatic rings. The van der Waals surface area contributed by atoms with Crippen molar-refractivity contribution in [3.63, 3.8) is 0 Å². The second kappa shape index (κ2) is 50.1. The van der Waals surface area contributed by atoms with E-state index in [1.807, 2.05) is 43.3 Å². The number of carbonyl (C=O) groups excluding carboxylic acids is 2. The van der Waals surface area contributed by atoms with E-state index >= 15 is 0 Å². The Balaban J connectivity index is -0.000000401. The fourth-order valence-electron chi connectivity index (χ4n) is 7.03. The summed E-state index contributed by atoms with van der Waals surface area (Å²) in [6.45, 7) is 18.6. The first-order valence-electron chi connectivity index (χ1n) is 25.1. The lowest BCUT2D eigenvalue weighted by molar-refractivity contribution is -0.123. The number of ketones is 2. The van der Waals surface area contributed by atoms with E-state index in [0.717, 1.165) is 118 Å². The normalized spacial score (nSPS) is 11.3. The van der Waals surface area contributed by atoms with E-state index in [9.17, 15) is 19.8 Å². The summed E-state index contributed by atoms with van der Waals surface area (Å²) in [7, 11) is 12.6. The minimum atomic E-state index is -0.0403. The van der Waals surface area contributed by atoms with E-state index < -0.39 is 0 Å². The van der Waals surface area contributed by atoms with Crippen molar-refractivity contribution in [1.29, 1.82) is 0 Å². The molecule has 0 aliphatic carbocycles. The van der Waals surface area contributed by atoms with Crippen molar-refractivity contribution in [2.75, 3.05) is 0 Å². The van der Waals surface area contributed by atoms with Crippen molar-refractivity contribution < 1.29 is 31.4 Å². The number of hydrogen-bond donors (Lipinski definition) is 4. The maximum Gasteiger partial charge on any atom is 0.136 e. The molecule has 0 fully saturated rings. The van der Waals surface area contributed by atoms with Gasteiger partial charge in [-0.3, -0.25) is 9.59 Å². The molecule has 386 valence electrons. The van der Waals surface area contributed by atoms with Crippen LogP contribution in [0.4, 0.5) is 0 Å². The number of aliphatic hydroxyl groups is 4. The maximum absolute atomic E-state index is 12.2. The monoisotopic (exact) mass is 1040 g/mol. The summed E-state index contributed by atoms with van der Waals surface area (Å²) in [5.74, 6) is 1.03. The molecule has 3 rings (SSSR count). The van der Waals surface area contributed by atoms with Crippen LogP contribution in [0, 0.1) is 11.8 Å². The molecule has 4 N–H and O–H groups in total. The Morgan fingerprint density at radius 1 is 0.537 bits per heavy atom. The molecule has 67 heavy (non-hydrogen) atoms. The largest absolute Gasteiger partial charge is 0.392 e. The smallest absolute Gasteiger partial charge is 0.136 e. The fraction of sp³-hybridized carbons (Fsp3) is 0.600. The van der Waals surface area contributed by atoms with Crippen LogP contribution >= 0.6 is 51.6 Å². The Morgan fingerprint density at radius 3 is 1.12 bits per heavy atom. The van der Waals surface area contributed by atoms with Crippen LogP contribution in [0.15, 0.2) is 67.2 Å². The SMILES string of the molecule is C.CCCCC(=O)C(CC)Cc1cc(CC)cc(CC)c1.CCCCC(=O)C(CC)Cc1cc(CO)cc(CO)c1.CCCCc1cc(CO)cc(CO)c1.PP.PP(P)P.[3H]C=CCCCC. The minimum Gasteiger partial charge on any atom is -0.392 e. The lowest BCUT2D eigenvalue weighted by Gasteiger charge is -2.15. The zero-order chi connectivity index (χ0) is 51.4. The van der Waals surface area contributed by atoms with Gasteiger partial charge >= 0.3 is 0 Å². The fourth-order valence-corrected chi connectivity index (χ4v) is 7.03. The summed E-state index contributed by atoms with van der Waals surface area (Å²) >= 11 is 0. The van der Waals surface area contributed by atoms with Crippen LogP contribution in [-0.2, 0) is 68.1 Å². The molecule has 0 aliphatic rings. The van der Waals surface area contributed by atoms with Gasteiger partial charge in [0.15, 0.2) is 0 Å². The van der Waals surface area contributed by atoms with Gasteiger partial charge in [-0.2, -0.15) is 0 Å². The number of unbranched alkanes of at least 4 members (excludes halogenated alkanes) is 5. The van der Waals surface area contributed by atoms with Gasteiger partial charge in [0.25, 0.3) is 0 Å². The Labute approximate surface area is 426 Å². The Kier molecular flexibility index (Phi) is 52.7. The van der Waals surface area contributed by atoms with Crippen molar-refractivity contribution in [2.45, 2.75) is 205 Å². The third-order valence-corrected chi connectivity index (χ3v) is 10.8. The quantitative estimate of drug-likeness (QED) is 0.0362. The highest BCUT2D eigenvalue weighted by atomic mass is 32.7. The molecule has 0 spiro atoms. The van der Waals surface area contributed by atoms with Crippen LogP contribution in [0.3, 0.4) is 0 Å². The van der Waals surface area contributed by atoms with Gasteiger partial charge in [0.05, 0.1) is 27.8 Å². The van der Waals surface area contributed by atoms with Crippen molar-refractivity contribution in [3.05, 3.63) is 117 Å². The van der Waals surface area contributed by atoms with Crippen molar-refractivity contribution >= 4 is 63.2 Å². The Bertz CT molecular complexity index is 1540. The number of Topliss-reactive ketones (excluding diaryl/α,β-unsaturated/α-hetero) is 2. The molecule has 7 unspecified atom stereocenters. The number of aliphatic hydroxyl groups excluding tert-OH is 4. The van der Waals surface area contributed by atoms with Gasteiger partial charge in [-0.25, -0.2) is 0 Å². The summed E-state index contributed by atoms with van der Waals surface area (Å²) in [6, 6.07) is 18.4. The summed E-state index contributed by atoms with van der Waals surface area (Å²) in [5.41, 5.74) is 9.75. The van der Waals surface area contributed by atoms with E-state index in [4.69, 9.17) is 11.6 Å². The molecular formula is C55H100O6P6. The third kappa shape index (κ3) is 38.5. The van der Waals surface area contributed by atoms with Gasteiger partial charge < -0.3 is 20.4 Å². The first kappa shape index (κ1) is 70.4. The van der Waals surface area contributed by atoms with Crippen LogP contribution in [0.5, 0.6) is 0 Å². The molecule has 12 heteroatoms. The number of benzene rings is 3. The van der Waals surface area contributed by atoms with Gasteiger partial charge in [0.1, 0.15) is 11.6 Å². The van der Waals surface area contributed by atoms with Gasteiger partial charge in [-0.1, -0.05) is 156 Å². The second-order valence-corrected chi connectivity index (χ2v) is 28.1. The lowest BCUT2D eigenvalue weighted by Crippen LogP contribution is -2.16. The van der Waals surface area contributed by atoms with Gasteiger partial charge in [-0.15, -0.1) is 51.2 Å². The third-order valence-electron chi connectivity index (χ3n) is 10.8. The Morgan fingerprint density at radius 2 is 0.836 bits per heavy atom. The number of rotatable bonds is 26. The predicted molar refractivity (Wildman–Crippen MR) is 316 cm³/mol. The first-order chi connectivity index (χ1) is 32.2. The highest BCUT2D eigenvalue weighted by Gasteiger charge is 2.18. The topological polar surface area (TPSA) is 115 Å². The Hall–Kier alpha value is -0.840. The number of allylic oxidation sites excluding steroid dienone is 1. The van der Waals surface area contributed by atoms with Crippen LogP contribution in [0.1, 0.15) is 198 Å². The van der Waals surface area contributed by atoms with Gasteiger partial charge in [0.2, 0.25) is 0 Å². The van der Waals surface area contributed by atoms with E-state index in [1.54, 1.807) is 6.07 Å². The zero-order valence-electron chi connectivity index (χ0n) is 43.5. The molecule has 0 saturated heterocycles. The summed E-state index contributed by atoms with van der Waals surface area (Å²) in [5, 5.41) is 36.6. The number of aryl methyl sites for hydroxylation is 3. The van der Waals surface area contributed by atoms with Gasteiger partial charge in [-0.05, 0) is 128 Å². The summed E-state index contributed by atoms with van der Waals surface area (Å²) in [4.78, 5) is 24.4. The van der Waals surface area contributed by atoms with Crippen molar-refractivity contribution in [2.24, 2.45) is 11.8 Å². The molecule has 7 atom stereocenters. The molecule has 0 heterocycles. The molecule has 6 nitrogen and oxygen atoms in total. The first-order valence-corrected chi connectivity index (χ1v) is 33.3. The summed E-state index contributed by atoms with van der Waals surface area (Å²) in [6.07, 6.45) is 19.8. The molecule has 3 aromatic carbocycles. The van der Waals surface area contributed by atoms with E-state index in [2.05, 4.69) is 111 Å². The number of hydrogen-bond acceptors (Lipinski definition) is 6. The van der Waals surface area contributed by atoms with Crippen LogP contribution in [-0.4, -0.2) is 32.0 Å². The van der Waals surface area contributed by atoms with Gasteiger partial charge in [0, 0.05) is 24.7 Å². The minimum absolute atomic E-state index is 0. The molecule has 0 amide bonds. The average Bonchev–Trinajstić information content (AvgIpc) is 3.35. The molecular weight excluding hydrogens is 942 g/mol. The van der Waals surface area contributed by atoms with Crippen molar-refractivity contribution in [3.8, 4) is 0 Å². The molecule has 0 radical (unpaired) electrons. The molecule has 0 bridgehead atoms. The molecule has 0 aliphatic heterocycles. The van der Waals surface area contributed by atoms with Crippen molar-refractivity contribution in [1.82, 2.24) is 0 Å². The molecule has 0 aromatic heterocycles. The van der Waals surface area contributed by atoms with E-state index in [1.165, 1.54) is 41.7 Å². The van der Waals surface area contributed by atoms with E-state index in [0.29, 0.717) is 24.4 Å². The van der Waals surface area contributed by atoms with Crippen LogP contribution in [0.25, 0.3) is 0 Å². The zero-order valence-corrected chi connectivity index (χ0v) is 49.2. The highest BCUT2D eigenvalue weighted by Crippen LogP contribution is 2.59. The maximum atomic E-state index is 12.2. The van der Waals surface area contributed by atoms with E-state index in [-0.39, 0.29) is 52.7 Å². The van der Waals surface area contributed by atoms with Crippen LogP contribution < -0.4 is 0 Å². The highest BCUT2D eigenvalue weighted by molar-refractivity contribution is 8.65. The predicted octanol–water partition coefficient (Wildman–Crippen LogP) is 15.6. The molecule has 0 saturated carbocycles. The van der Waals surface area contributed by atoms with Crippen LogP contribution in [0.2, 0.25) is 0 Å². The standard InChI is InChI=1S/C19H30O.C17H26O3.C12H18O2.C6H12.CH4.H6P4.H4P2/c1-5-9-10-19(20)18(8-4)14-17-12-15(6-2)11-16(7-3)13-17;1-3-5-6-17(20)16(4-2)10-13-7-14(11-18)9-15(8-13)12-19;1-2-3-4-10-5-11(8-13)7-12(6-10)9-14;1-3-5-6-4-2;;1-4(2)3;1-2/h11-13,18H,5-10,14H2,1-4H3;7-9,16,18-19H,3-6,10-12H2,1-2H3;5-7,13-14H,2-4,8-9H2,1H3;3H,1,4-6H2,2H3;1H4;1-3H2;1-2H2/i;;;1T;;;. The number of carbonyl (C=O) groups is 2. The average molecular weight is 1050 g/mol. The lowest BCUT2D eigenvalue weighted by atomic mass is 9.89.